The van der Waals surface area contributed by atoms with Crippen molar-refractivity contribution in [2.24, 2.45) is 0 Å². The lowest BCUT2D eigenvalue weighted by Crippen LogP contribution is -2.29. The first-order chi connectivity index (χ1) is 11.6. The van der Waals surface area contributed by atoms with E-state index in [0.29, 0.717) is 17.9 Å². The molecule has 24 heavy (non-hydrogen) atoms. The molecule has 0 aliphatic carbocycles. The fourth-order valence-electron chi connectivity index (χ4n) is 2.34. The highest BCUT2D eigenvalue weighted by Crippen LogP contribution is 2.32. The zero-order valence-corrected chi connectivity index (χ0v) is 13.3. The largest absolute Gasteiger partial charge is 0.454 e. The summed E-state index contributed by atoms with van der Waals surface area (Å²) in [5.74, 6) is 1.27. The van der Waals surface area contributed by atoms with Crippen LogP contribution in [0, 0.1) is 0 Å². The Labute approximate surface area is 139 Å². The zero-order chi connectivity index (χ0) is 16.9. The lowest BCUT2D eigenvalue weighted by atomic mass is 10.1. The van der Waals surface area contributed by atoms with Crippen molar-refractivity contribution in [2.45, 2.75) is 13.5 Å². The summed E-state index contributed by atoms with van der Waals surface area (Å²) in [6.45, 7) is 2.28. The van der Waals surface area contributed by atoms with Crippen molar-refractivity contribution in [1.29, 1.82) is 0 Å². The molecule has 0 radical (unpaired) electrons. The van der Waals surface area contributed by atoms with E-state index in [1.165, 1.54) is 6.92 Å². The highest BCUT2D eigenvalue weighted by Gasteiger charge is 2.13. The van der Waals surface area contributed by atoms with E-state index in [4.69, 9.17) is 9.47 Å². The number of rotatable bonds is 6. The van der Waals surface area contributed by atoms with E-state index in [-0.39, 0.29) is 25.0 Å². The molecule has 2 aromatic carbocycles. The van der Waals surface area contributed by atoms with Crippen molar-refractivity contribution in [3.8, 4) is 11.5 Å². The molecule has 6 heteroatoms. The van der Waals surface area contributed by atoms with E-state index in [0.717, 1.165) is 17.0 Å². The van der Waals surface area contributed by atoms with Gasteiger partial charge in [-0.25, -0.2) is 0 Å². The van der Waals surface area contributed by atoms with Crippen LogP contribution in [0.1, 0.15) is 22.8 Å². The van der Waals surface area contributed by atoms with Gasteiger partial charge in [0.25, 0.3) is 0 Å². The third-order valence-electron chi connectivity index (χ3n) is 3.65. The minimum atomic E-state index is -0.138. The Morgan fingerprint density at radius 3 is 2.75 bits per heavy atom. The Morgan fingerprint density at radius 2 is 1.92 bits per heavy atom. The van der Waals surface area contributed by atoms with Crippen LogP contribution in [0.5, 0.6) is 11.5 Å². The van der Waals surface area contributed by atoms with Crippen LogP contribution < -0.4 is 20.1 Å². The molecule has 3 rings (SSSR count). The van der Waals surface area contributed by atoms with Gasteiger partial charge in [-0.15, -0.1) is 0 Å². The summed E-state index contributed by atoms with van der Waals surface area (Å²) in [5, 5.41) is 5.84. The molecule has 0 fully saturated rings. The molecule has 1 heterocycles. The summed E-state index contributed by atoms with van der Waals surface area (Å²) in [6, 6.07) is 12.6. The van der Waals surface area contributed by atoms with Crippen LogP contribution in [-0.4, -0.2) is 25.0 Å². The first kappa shape index (κ1) is 15.9. The molecule has 0 atom stereocenters. The summed E-state index contributed by atoms with van der Waals surface area (Å²) >= 11 is 0. The van der Waals surface area contributed by atoms with Crippen LogP contribution in [0.25, 0.3) is 0 Å². The smallest absolute Gasteiger partial charge is 0.239 e. The number of fused-ring (bicyclic) bond motifs is 1. The minimum Gasteiger partial charge on any atom is -0.454 e. The molecule has 0 unspecified atom stereocenters. The van der Waals surface area contributed by atoms with Crippen molar-refractivity contribution in [3.63, 3.8) is 0 Å². The van der Waals surface area contributed by atoms with Crippen LogP contribution >= 0.6 is 0 Å². The fraction of sp³-hybridized carbons (Fsp3) is 0.222. The van der Waals surface area contributed by atoms with E-state index in [2.05, 4.69) is 10.6 Å². The van der Waals surface area contributed by atoms with Crippen molar-refractivity contribution in [2.75, 3.05) is 18.7 Å². The predicted molar refractivity (Wildman–Crippen MR) is 89.3 cm³/mol. The minimum absolute atomic E-state index is 0.00842. The van der Waals surface area contributed by atoms with Gasteiger partial charge >= 0.3 is 0 Å². The predicted octanol–water partition coefficient (Wildman–Crippen LogP) is 2.35. The van der Waals surface area contributed by atoms with Gasteiger partial charge < -0.3 is 20.1 Å². The number of nitrogens with one attached hydrogen (secondary N) is 2. The number of carbonyl (C=O) groups is 2. The molecule has 0 bridgehead atoms. The van der Waals surface area contributed by atoms with Gasteiger partial charge in [0.05, 0.1) is 6.54 Å². The second kappa shape index (κ2) is 7.04. The highest BCUT2D eigenvalue weighted by molar-refractivity contribution is 5.95. The van der Waals surface area contributed by atoms with Crippen molar-refractivity contribution in [1.82, 2.24) is 5.32 Å². The molecular weight excluding hydrogens is 308 g/mol. The molecular formula is C18H18N2O4. The second-order valence-corrected chi connectivity index (χ2v) is 5.45. The van der Waals surface area contributed by atoms with Gasteiger partial charge in [0.15, 0.2) is 17.3 Å². The monoisotopic (exact) mass is 326 g/mol. The quantitative estimate of drug-likeness (QED) is 0.797. The molecule has 0 aromatic heterocycles. The van der Waals surface area contributed by atoms with Gasteiger partial charge in [0, 0.05) is 17.8 Å². The molecule has 1 amide bonds. The summed E-state index contributed by atoms with van der Waals surface area (Å²) in [5.41, 5.74) is 2.29. The third kappa shape index (κ3) is 3.84. The van der Waals surface area contributed by atoms with E-state index in [1.54, 1.807) is 18.2 Å². The van der Waals surface area contributed by atoms with E-state index >= 15 is 0 Å². The lowest BCUT2D eigenvalue weighted by molar-refractivity contribution is -0.119. The third-order valence-corrected chi connectivity index (χ3v) is 3.65. The molecule has 1 aliphatic rings. The first-order valence-electron chi connectivity index (χ1n) is 7.62. The van der Waals surface area contributed by atoms with E-state index in [1.807, 2.05) is 24.3 Å². The molecule has 0 saturated carbocycles. The van der Waals surface area contributed by atoms with Crippen molar-refractivity contribution >= 4 is 17.4 Å². The van der Waals surface area contributed by atoms with Crippen LogP contribution in [0.2, 0.25) is 0 Å². The Hall–Kier alpha value is -3.02. The maximum atomic E-state index is 11.9. The number of carbonyl (C=O) groups excluding carboxylic acids is 2. The van der Waals surface area contributed by atoms with Crippen molar-refractivity contribution < 1.29 is 19.1 Å². The van der Waals surface area contributed by atoms with Gasteiger partial charge in [-0.05, 0) is 36.8 Å². The van der Waals surface area contributed by atoms with E-state index < -0.39 is 0 Å². The van der Waals surface area contributed by atoms with Crippen LogP contribution in [-0.2, 0) is 11.3 Å². The summed E-state index contributed by atoms with van der Waals surface area (Å²) in [7, 11) is 0. The van der Waals surface area contributed by atoms with Gasteiger partial charge in [0.2, 0.25) is 12.7 Å². The van der Waals surface area contributed by atoms with Gasteiger partial charge in [-0.3, -0.25) is 9.59 Å². The van der Waals surface area contributed by atoms with Gasteiger partial charge in [-0.2, -0.15) is 0 Å². The normalized spacial score (nSPS) is 11.9. The summed E-state index contributed by atoms with van der Waals surface area (Å²) < 4.78 is 10.6. The van der Waals surface area contributed by atoms with Gasteiger partial charge in [0.1, 0.15) is 0 Å². The number of ketones is 1. The Bertz CT molecular complexity index is 773. The molecule has 0 saturated heterocycles. The summed E-state index contributed by atoms with van der Waals surface area (Å²) in [6.07, 6.45) is 0. The van der Waals surface area contributed by atoms with Crippen LogP contribution in [0.4, 0.5) is 5.69 Å². The molecule has 2 N–H and O–H groups in total. The number of Topliss-reactive ketones (excluding diaryl/α,β-unsaturated/α-hetero) is 1. The Kier molecular flexibility index (Phi) is 4.65. The SMILES string of the molecule is CC(=O)c1cccc(NCC(=O)NCc2ccc3c(c2)OCO3)c1. The van der Waals surface area contributed by atoms with Crippen LogP contribution in [0.3, 0.4) is 0 Å². The van der Waals surface area contributed by atoms with Crippen molar-refractivity contribution in [3.05, 3.63) is 53.6 Å². The zero-order valence-electron chi connectivity index (χ0n) is 13.3. The molecule has 0 spiro atoms. The van der Waals surface area contributed by atoms with Gasteiger partial charge in [-0.1, -0.05) is 18.2 Å². The number of hydrogen-bond acceptors (Lipinski definition) is 5. The maximum absolute atomic E-state index is 11.9. The number of benzene rings is 2. The second-order valence-electron chi connectivity index (χ2n) is 5.45. The lowest BCUT2D eigenvalue weighted by Gasteiger charge is -2.09. The average Bonchev–Trinajstić information content (AvgIpc) is 3.06. The summed E-state index contributed by atoms with van der Waals surface area (Å²) in [4.78, 5) is 23.3. The van der Waals surface area contributed by atoms with Crippen LogP contribution in [0.15, 0.2) is 42.5 Å². The molecule has 1 aliphatic heterocycles. The Balaban J connectivity index is 1.49. The number of hydrogen-bond donors (Lipinski definition) is 2. The number of ether oxygens (including phenoxy) is 2. The number of amides is 1. The standard InChI is InChI=1S/C18H18N2O4/c1-12(21)14-3-2-4-15(8-14)19-10-18(22)20-9-13-5-6-16-17(7-13)24-11-23-16/h2-8,19H,9-11H2,1H3,(H,20,22). The first-order valence-corrected chi connectivity index (χ1v) is 7.62. The fourth-order valence-corrected chi connectivity index (χ4v) is 2.34. The molecule has 124 valence electrons. The average molecular weight is 326 g/mol. The van der Waals surface area contributed by atoms with E-state index in [9.17, 15) is 9.59 Å². The molecule has 2 aromatic rings. The Morgan fingerprint density at radius 1 is 1.08 bits per heavy atom. The topological polar surface area (TPSA) is 76.7 Å². The molecule has 6 nitrogen and oxygen atoms in total. The number of anilines is 1. The highest BCUT2D eigenvalue weighted by atomic mass is 16.7. The maximum Gasteiger partial charge on any atom is 0.239 e.